The van der Waals surface area contributed by atoms with E-state index in [1.807, 2.05) is 0 Å². The zero-order valence-electron chi connectivity index (χ0n) is 14.4. The van der Waals surface area contributed by atoms with Gasteiger partial charge in [-0.1, -0.05) is 74.7 Å². The zero-order valence-corrected chi connectivity index (χ0v) is 14.4. The lowest BCUT2D eigenvalue weighted by molar-refractivity contribution is 0.0784. The van der Waals surface area contributed by atoms with Gasteiger partial charge in [0.1, 0.15) is 0 Å². The third kappa shape index (κ3) is 5.76. The fraction of sp³-hybridized carbons (Fsp3) is 1.00. The van der Waals surface area contributed by atoms with Crippen molar-refractivity contribution in [2.45, 2.75) is 93.9 Å². The highest BCUT2D eigenvalue weighted by atomic mass is 14.4. The molecule has 0 aromatic heterocycles. The number of rotatable bonds is 9. The summed E-state index contributed by atoms with van der Waals surface area (Å²) in [5.74, 6) is 1.78. The molecule has 0 aromatic rings. The lowest BCUT2D eigenvalue weighted by Crippen LogP contribution is -2.32. The van der Waals surface area contributed by atoms with Gasteiger partial charge in [-0.2, -0.15) is 0 Å². The highest BCUT2D eigenvalue weighted by Crippen LogP contribution is 2.46. The van der Waals surface area contributed by atoms with Crippen molar-refractivity contribution >= 4 is 0 Å². The monoisotopic (exact) mass is 254 g/mol. The van der Waals surface area contributed by atoms with Crippen LogP contribution in [0.1, 0.15) is 93.9 Å². The van der Waals surface area contributed by atoms with Gasteiger partial charge in [0.25, 0.3) is 0 Å². The average molecular weight is 255 g/mol. The van der Waals surface area contributed by atoms with E-state index in [1.165, 1.54) is 38.5 Å². The Hall–Kier alpha value is 0. The molecule has 2 unspecified atom stereocenters. The van der Waals surface area contributed by atoms with Gasteiger partial charge in [0, 0.05) is 0 Å². The molecule has 0 aromatic carbocycles. The molecule has 0 fully saturated rings. The van der Waals surface area contributed by atoms with Gasteiger partial charge >= 0.3 is 0 Å². The van der Waals surface area contributed by atoms with Gasteiger partial charge in [-0.15, -0.1) is 0 Å². The minimum atomic E-state index is 0.465. The zero-order chi connectivity index (χ0) is 14.4. The van der Waals surface area contributed by atoms with Crippen molar-refractivity contribution in [1.82, 2.24) is 0 Å². The highest BCUT2D eigenvalue weighted by Gasteiger charge is 2.35. The van der Waals surface area contributed by atoms with Crippen LogP contribution < -0.4 is 0 Å². The van der Waals surface area contributed by atoms with Crippen LogP contribution in [0.15, 0.2) is 0 Å². The van der Waals surface area contributed by atoms with Crippen LogP contribution in [0.25, 0.3) is 0 Å². The molecule has 0 saturated carbocycles. The Morgan fingerprint density at radius 3 is 1.72 bits per heavy atom. The van der Waals surface area contributed by atoms with E-state index in [2.05, 4.69) is 55.4 Å². The maximum atomic E-state index is 2.47. The molecule has 0 aliphatic heterocycles. The van der Waals surface area contributed by atoms with E-state index < -0.39 is 0 Å². The van der Waals surface area contributed by atoms with Gasteiger partial charge in [-0.05, 0) is 41.9 Å². The molecule has 0 rings (SSSR count). The van der Waals surface area contributed by atoms with Gasteiger partial charge in [0.2, 0.25) is 0 Å². The van der Waals surface area contributed by atoms with Crippen molar-refractivity contribution in [3.8, 4) is 0 Å². The molecule has 18 heavy (non-hydrogen) atoms. The van der Waals surface area contributed by atoms with E-state index in [9.17, 15) is 0 Å². The summed E-state index contributed by atoms with van der Waals surface area (Å²) in [6.07, 6.45) is 8.15. The number of hydrogen-bond donors (Lipinski definition) is 0. The fourth-order valence-electron chi connectivity index (χ4n) is 2.88. The standard InChI is InChI=1S/C18H38/c1-9-12-17(5,6)18(7,8)13-11-16(4)14-15(3)10-2/h15-16H,9-14H2,1-8H3. The Balaban J connectivity index is 4.25. The molecule has 0 N–H and O–H groups in total. The van der Waals surface area contributed by atoms with Gasteiger partial charge in [0.15, 0.2) is 0 Å². The molecule has 0 radical (unpaired) electrons. The summed E-state index contributed by atoms with van der Waals surface area (Å²) in [5.41, 5.74) is 0.935. The Kier molecular flexibility index (Phi) is 7.56. The van der Waals surface area contributed by atoms with E-state index in [1.54, 1.807) is 0 Å². The largest absolute Gasteiger partial charge is 0.0654 e. The summed E-state index contributed by atoms with van der Waals surface area (Å²) in [6, 6.07) is 0. The second kappa shape index (κ2) is 7.56. The van der Waals surface area contributed by atoms with Crippen LogP contribution in [0, 0.1) is 22.7 Å². The van der Waals surface area contributed by atoms with Crippen molar-refractivity contribution in [2.24, 2.45) is 22.7 Å². The molecule has 0 amide bonds. The predicted octanol–water partition coefficient (Wildman–Crippen LogP) is 6.69. The molecule has 0 aliphatic rings. The highest BCUT2D eigenvalue weighted by molar-refractivity contribution is 4.86. The van der Waals surface area contributed by atoms with Crippen LogP contribution in [0.4, 0.5) is 0 Å². The molecular weight excluding hydrogens is 216 g/mol. The van der Waals surface area contributed by atoms with E-state index in [4.69, 9.17) is 0 Å². The third-order valence-electron chi connectivity index (χ3n) is 5.47. The van der Waals surface area contributed by atoms with Gasteiger partial charge in [-0.25, -0.2) is 0 Å². The minimum Gasteiger partial charge on any atom is -0.0654 e. The lowest BCUT2D eigenvalue weighted by Gasteiger charge is -2.42. The molecule has 0 spiro atoms. The normalized spacial score (nSPS) is 16.7. The maximum Gasteiger partial charge on any atom is -0.0303 e. The van der Waals surface area contributed by atoms with E-state index in [0.717, 1.165) is 11.8 Å². The summed E-state index contributed by atoms with van der Waals surface area (Å²) in [4.78, 5) is 0. The van der Waals surface area contributed by atoms with E-state index >= 15 is 0 Å². The molecule has 0 bridgehead atoms. The van der Waals surface area contributed by atoms with Crippen LogP contribution in [-0.2, 0) is 0 Å². The quantitative estimate of drug-likeness (QED) is 0.430. The summed E-state index contributed by atoms with van der Waals surface area (Å²) in [7, 11) is 0. The van der Waals surface area contributed by atoms with Crippen LogP contribution in [0.2, 0.25) is 0 Å². The fourth-order valence-corrected chi connectivity index (χ4v) is 2.88. The Morgan fingerprint density at radius 1 is 0.778 bits per heavy atom. The number of hydrogen-bond acceptors (Lipinski definition) is 0. The molecule has 0 nitrogen and oxygen atoms in total. The van der Waals surface area contributed by atoms with Crippen molar-refractivity contribution < 1.29 is 0 Å². The maximum absolute atomic E-state index is 2.47. The van der Waals surface area contributed by atoms with E-state index in [-0.39, 0.29) is 0 Å². The second-order valence-corrected chi connectivity index (χ2v) is 7.91. The molecular formula is C18H38. The summed E-state index contributed by atoms with van der Waals surface area (Å²) in [6.45, 7) is 19.3. The molecule has 0 heterocycles. The Morgan fingerprint density at radius 2 is 1.28 bits per heavy atom. The van der Waals surface area contributed by atoms with Crippen molar-refractivity contribution in [3.63, 3.8) is 0 Å². The first-order valence-electron chi connectivity index (χ1n) is 8.16. The topological polar surface area (TPSA) is 0 Å². The van der Waals surface area contributed by atoms with Gasteiger partial charge in [-0.3, -0.25) is 0 Å². The molecule has 110 valence electrons. The predicted molar refractivity (Wildman–Crippen MR) is 84.9 cm³/mol. The molecule has 0 heteroatoms. The first kappa shape index (κ1) is 18.0. The average Bonchev–Trinajstić information content (AvgIpc) is 2.26. The lowest BCUT2D eigenvalue weighted by atomic mass is 9.63. The van der Waals surface area contributed by atoms with Gasteiger partial charge in [0.05, 0.1) is 0 Å². The second-order valence-electron chi connectivity index (χ2n) is 7.91. The summed E-state index contributed by atoms with van der Waals surface area (Å²) in [5, 5.41) is 0. The van der Waals surface area contributed by atoms with E-state index in [0.29, 0.717) is 10.8 Å². The summed E-state index contributed by atoms with van der Waals surface area (Å²) >= 11 is 0. The molecule has 0 saturated heterocycles. The summed E-state index contributed by atoms with van der Waals surface area (Å²) < 4.78 is 0. The van der Waals surface area contributed by atoms with Crippen LogP contribution >= 0.6 is 0 Å². The SMILES string of the molecule is CCCC(C)(C)C(C)(C)CCC(C)CC(C)CC. The minimum absolute atomic E-state index is 0.465. The van der Waals surface area contributed by atoms with Crippen molar-refractivity contribution in [2.75, 3.05) is 0 Å². The third-order valence-corrected chi connectivity index (χ3v) is 5.47. The Bertz CT molecular complexity index is 212. The Labute approximate surface area is 117 Å². The van der Waals surface area contributed by atoms with Gasteiger partial charge < -0.3 is 0 Å². The first-order valence-corrected chi connectivity index (χ1v) is 8.16. The smallest absolute Gasteiger partial charge is 0.0303 e. The van der Waals surface area contributed by atoms with Crippen LogP contribution in [0.5, 0.6) is 0 Å². The first-order chi connectivity index (χ1) is 8.16. The van der Waals surface area contributed by atoms with Crippen LogP contribution in [0.3, 0.4) is 0 Å². The molecule has 2 atom stereocenters. The molecule has 0 aliphatic carbocycles. The van der Waals surface area contributed by atoms with Crippen LogP contribution in [-0.4, -0.2) is 0 Å². The van der Waals surface area contributed by atoms with Crippen molar-refractivity contribution in [3.05, 3.63) is 0 Å². The van der Waals surface area contributed by atoms with Crippen molar-refractivity contribution in [1.29, 1.82) is 0 Å².